The Morgan fingerprint density at radius 2 is 1.97 bits per heavy atom. The molecule has 0 bridgehead atoms. The number of rotatable bonds is 9. The fraction of sp³-hybridized carbons (Fsp3) is 0.278. The minimum Gasteiger partial charge on any atom is -0.331 e. The number of hydrogen-bond acceptors (Lipinski definition) is 6. The number of alkyl halides is 3. The largest absolute Gasteiger partial charge is 0.400 e. The molecule has 0 aliphatic carbocycles. The third kappa shape index (κ3) is 6.06. The van der Waals surface area contributed by atoms with E-state index in [1.54, 1.807) is 31.2 Å². The molecule has 2 heterocycles. The third-order valence-corrected chi connectivity index (χ3v) is 6.37. The molecule has 2 aromatic heterocycles. The lowest BCUT2D eigenvalue weighted by molar-refractivity contribution is 0.0551. The number of benzene rings is 1. The zero-order valence-electron chi connectivity index (χ0n) is 15.7. The van der Waals surface area contributed by atoms with Gasteiger partial charge in [0.25, 0.3) is 7.52 Å². The standard InChI is InChI=1S/C18H17Cl2F2N4O3P/c1-2-28-30(27,24-9-12-3-6-14(19)7-4-12)11-15-8-5-13(10-23-15)16-25-17(29-26-16)18(20,21)22/h3-8,10H,2,9,11H2,1H3,(H,24,27). The van der Waals surface area contributed by atoms with Crippen LogP contribution >= 0.6 is 30.7 Å². The van der Waals surface area contributed by atoms with Gasteiger partial charge < -0.3 is 9.05 Å². The van der Waals surface area contributed by atoms with Crippen LogP contribution in [0.2, 0.25) is 5.02 Å². The summed E-state index contributed by atoms with van der Waals surface area (Å²) in [5.41, 5.74) is 1.72. The van der Waals surface area contributed by atoms with E-state index in [0.717, 1.165) is 5.56 Å². The van der Waals surface area contributed by atoms with Gasteiger partial charge in [-0.2, -0.15) is 13.8 Å². The maximum absolute atomic E-state index is 13.2. The maximum Gasteiger partial charge on any atom is 0.400 e. The van der Waals surface area contributed by atoms with Crippen molar-refractivity contribution in [3.05, 3.63) is 64.8 Å². The second kappa shape index (κ2) is 9.49. The Balaban J connectivity index is 1.70. The van der Waals surface area contributed by atoms with Crippen molar-refractivity contribution in [1.82, 2.24) is 20.2 Å². The number of nitrogens with one attached hydrogen (secondary N) is 1. The number of nitrogens with zero attached hydrogens (tertiary/aromatic N) is 3. The molecular weight excluding hydrogens is 460 g/mol. The quantitative estimate of drug-likeness (QED) is 0.317. The van der Waals surface area contributed by atoms with E-state index in [0.29, 0.717) is 22.8 Å². The molecule has 0 fully saturated rings. The van der Waals surface area contributed by atoms with Gasteiger partial charge in [0.1, 0.15) is 0 Å². The minimum atomic E-state index is -3.75. The maximum atomic E-state index is 13.2. The zero-order valence-corrected chi connectivity index (χ0v) is 18.1. The lowest BCUT2D eigenvalue weighted by atomic mass is 10.2. The highest BCUT2D eigenvalue weighted by atomic mass is 35.5. The summed E-state index contributed by atoms with van der Waals surface area (Å²) in [6.07, 6.45) is 1.40. The van der Waals surface area contributed by atoms with Gasteiger partial charge in [-0.3, -0.25) is 9.55 Å². The molecule has 0 radical (unpaired) electrons. The highest BCUT2D eigenvalue weighted by molar-refractivity contribution is 7.56. The van der Waals surface area contributed by atoms with Crippen molar-refractivity contribution in [3.8, 4) is 11.4 Å². The normalized spacial score (nSPS) is 13.9. The molecule has 160 valence electrons. The van der Waals surface area contributed by atoms with Crippen LogP contribution in [0.5, 0.6) is 0 Å². The van der Waals surface area contributed by atoms with E-state index in [9.17, 15) is 13.3 Å². The molecular formula is C18H17Cl2F2N4O3P. The van der Waals surface area contributed by atoms with Gasteiger partial charge in [-0.05, 0) is 48.4 Å². The first kappa shape index (κ1) is 22.8. The highest BCUT2D eigenvalue weighted by Gasteiger charge is 2.35. The molecule has 3 rings (SSSR count). The Bertz CT molecular complexity index is 1030. The highest BCUT2D eigenvalue weighted by Crippen LogP contribution is 2.46. The molecule has 1 aromatic carbocycles. The summed E-state index contributed by atoms with van der Waals surface area (Å²) in [5.74, 6) is -1.09. The zero-order chi connectivity index (χ0) is 21.8. The SMILES string of the molecule is CCOP(=O)(Cc1ccc(-c2noc(C(F)(F)Cl)n2)cn1)NCc1ccc(Cl)cc1. The molecule has 1 atom stereocenters. The van der Waals surface area contributed by atoms with E-state index in [4.69, 9.17) is 27.7 Å². The second-order valence-corrected chi connectivity index (χ2v) is 9.32. The van der Waals surface area contributed by atoms with Crippen molar-refractivity contribution in [1.29, 1.82) is 0 Å². The first-order valence-corrected chi connectivity index (χ1v) is 11.3. The molecule has 1 N–H and O–H groups in total. The van der Waals surface area contributed by atoms with Gasteiger partial charge >= 0.3 is 11.3 Å². The lowest BCUT2D eigenvalue weighted by Crippen LogP contribution is -2.14. The van der Waals surface area contributed by atoms with Gasteiger partial charge in [-0.25, -0.2) is 5.09 Å². The van der Waals surface area contributed by atoms with E-state index in [1.807, 2.05) is 12.1 Å². The molecule has 0 amide bonds. The first-order valence-electron chi connectivity index (χ1n) is 8.78. The van der Waals surface area contributed by atoms with Crippen molar-refractivity contribution in [2.75, 3.05) is 6.61 Å². The van der Waals surface area contributed by atoms with Crippen molar-refractivity contribution >= 4 is 30.7 Å². The van der Waals surface area contributed by atoms with Crippen LogP contribution in [0.1, 0.15) is 24.1 Å². The second-order valence-electron chi connectivity index (χ2n) is 6.17. The van der Waals surface area contributed by atoms with Gasteiger partial charge in [-0.1, -0.05) is 28.9 Å². The fourth-order valence-corrected chi connectivity index (χ4v) is 4.44. The molecule has 7 nitrogen and oxygen atoms in total. The van der Waals surface area contributed by atoms with Crippen LogP contribution in [0.4, 0.5) is 8.78 Å². The van der Waals surface area contributed by atoms with Crippen LogP contribution in [-0.2, 0) is 27.2 Å². The van der Waals surface area contributed by atoms with Crippen molar-refractivity contribution in [2.45, 2.75) is 25.0 Å². The van der Waals surface area contributed by atoms with Gasteiger partial charge in [0.05, 0.1) is 18.5 Å². The summed E-state index contributed by atoms with van der Waals surface area (Å²) < 4.78 is 49.1. The number of hydrogen-bond donors (Lipinski definition) is 1. The first-order chi connectivity index (χ1) is 14.2. The van der Waals surface area contributed by atoms with Crippen molar-refractivity contribution in [3.63, 3.8) is 0 Å². The molecule has 12 heteroatoms. The van der Waals surface area contributed by atoms with Crippen LogP contribution in [-0.4, -0.2) is 21.7 Å². The molecule has 0 aliphatic heterocycles. The Hall–Kier alpha value is -1.90. The van der Waals surface area contributed by atoms with Crippen LogP contribution in [0, 0.1) is 0 Å². The Labute approximate surface area is 181 Å². The predicted molar refractivity (Wildman–Crippen MR) is 109 cm³/mol. The van der Waals surface area contributed by atoms with Crippen LogP contribution in [0.15, 0.2) is 47.1 Å². The van der Waals surface area contributed by atoms with Gasteiger partial charge in [-0.15, -0.1) is 0 Å². The van der Waals surface area contributed by atoms with Gasteiger partial charge in [0.15, 0.2) is 0 Å². The molecule has 0 spiro atoms. The molecule has 0 aliphatic rings. The van der Waals surface area contributed by atoms with E-state index < -0.39 is 18.8 Å². The van der Waals surface area contributed by atoms with Crippen molar-refractivity contribution in [2.24, 2.45) is 0 Å². The average Bonchev–Trinajstić information content (AvgIpc) is 3.19. The number of halogens is 4. The Morgan fingerprint density at radius 3 is 2.53 bits per heavy atom. The summed E-state index contributed by atoms with van der Waals surface area (Å²) in [7, 11) is -3.24. The number of pyridine rings is 1. The molecule has 30 heavy (non-hydrogen) atoms. The fourth-order valence-electron chi connectivity index (χ4n) is 2.49. The number of aromatic nitrogens is 3. The smallest absolute Gasteiger partial charge is 0.331 e. The minimum absolute atomic E-state index is 0.0337. The van der Waals surface area contributed by atoms with Crippen LogP contribution in [0.3, 0.4) is 0 Å². The van der Waals surface area contributed by atoms with E-state index in [1.165, 1.54) is 6.20 Å². The molecule has 3 aromatic rings. The topological polar surface area (TPSA) is 90.1 Å². The van der Waals surface area contributed by atoms with Crippen molar-refractivity contribution < 1.29 is 22.4 Å². The Morgan fingerprint density at radius 1 is 1.23 bits per heavy atom. The molecule has 1 unspecified atom stereocenters. The molecule has 0 saturated carbocycles. The summed E-state index contributed by atoms with van der Waals surface area (Å²) >= 11 is 10.7. The lowest BCUT2D eigenvalue weighted by Gasteiger charge is -2.19. The van der Waals surface area contributed by atoms with Gasteiger partial charge in [0, 0.05) is 23.3 Å². The molecule has 0 saturated heterocycles. The summed E-state index contributed by atoms with van der Waals surface area (Å²) in [5, 5.41) is 3.28. The average molecular weight is 477 g/mol. The van der Waals surface area contributed by atoms with E-state index in [-0.39, 0.29) is 18.6 Å². The van der Waals surface area contributed by atoms with Crippen LogP contribution in [0.25, 0.3) is 11.4 Å². The Kier molecular flexibility index (Phi) is 7.21. The van der Waals surface area contributed by atoms with Crippen LogP contribution < -0.4 is 5.09 Å². The summed E-state index contributed by atoms with van der Waals surface area (Å²) in [6, 6.07) is 10.3. The monoisotopic (exact) mass is 476 g/mol. The van der Waals surface area contributed by atoms with E-state index in [2.05, 4.69) is 24.7 Å². The summed E-state index contributed by atoms with van der Waals surface area (Å²) in [4.78, 5) is 7.76. The van der Waals surface area contributed by atoms with Gasteiger partial charge in [0.2, 0.25) is 5.82 Å². The third-order valence-electron chi connectivity index (χ3n) is 3.90. The summed E-state index contributed by atoms with van der Waals surface area (Å²) in [6.45, 7) is 2.32. The van der Waals surface area contributed by atoms with E-state index >= 15 is 0 Å². The predicted octanol–water partition coefficient (Wildman–Crippen LogP) is 5.59.